The number of halogens is 2. The fourth-order valence-electron chi connectivity index (χ4n) is 6.23. The Kier molecular flexibility index (Phi) is 12.0. The molecule has 2 aliphatic rings. The molecule has 50 heavy (non-hydrogen) atoms. The van der Waals surface area contributed by atoms with E-state index in [1.165, 1.54) is 24.3 Å². The van der Waals surface area contributed by atoms with Crippen LogP contribution in [0.2, 0.25) is 0 Å². The van der Waals surface area contributed by atoms with Gasteiger partial charge in [-0.1, -0.05) is 49.7 Å². The van der Waals surface area contributed by atoms with Crippen LogP contribution in [0.5, 0.6) is 5.75 Å². The van der Waals surface area contributed by atoms with Gasteiger partial charge in [0, 0.05) is 50.1 Å². The van der Waals surface area contributed by atoms with E-state index < -0.39 is 21.8 Å². The Morgan fingerprint density at radius 3 is 2.30 bits per heavy atom. The molecular weight excluding hydrogens is 668 g/mol. The van der Waals surface area contributed by atoms with Crippen molar-refractivity contribution in [2.45, 2.75) is 69.7 Å². The van der Waals surface area contributed by atoms with Gasteiger partial charge in [-0.05, 0) is 61.8 Å². The molecule has 15 heteroatoms. The Bertz CT molecular complexity index is 1800. The van der Waals surface area contributed by atoms with Crippen LogP contribution in [0.1, 0.15) is 68.8 Å². The lowest BCUT2D eigenvalue weighted by atomic mass is 9.84. The lowest BCUT2D eigenvalue weighted by molar-refractivity contribution is 0.219. The molecule has 4 aromatic rings. The summed E-state index contributed by atoms with van der Waals surface area (Å²) in [5.74, 6) is 1.85. The lowest BCUT2D eigenvalue weighted by Gasteiger charge is -2.33. The molecule has 0 saturated carbocycles. The number of benzene rings is 2. The van der Waals surface area contributed by atoms with Gasteiger partial charge in [-0.3, -0.25) is 4.55 Å². The van der Waals surface area contributed by atoms with Crippen LogP contribution in [0.15, 0.2) is 64.3 Å². The molecule has 0 spiro atoms. The largest absolute Gasteiger partial charge is 0.490 e. The van der Waals surface area contributed by atoms with Crippen LogP contribution in [-0.2, 0) is 10.1 Å². The molecule has 0 aliphatic carbocycles. The predicted molar refractivity (Wildman–Crippen MR) is 185 cm³/mol. The van der Waals surface area contributed by atoms with Gasteiger partial charge in [-0.2, -0.15) is 13.4 Å². The van der Waals surface area contributed by atoms with Gasteiger partial charge in [0.05, 0.1) is 23.9 Å². The summed E-state index contributed by atoms with van der Waals surface area (Å²) in [4.78, 5) is 17.5. The number of rotatable bonds is 10. The summed E-state index contributed by atoms with van der Waals surface area (Å²) in [7, 11) is -4.02. The van der Waals surface area contributed by atoms with E-state index in [9.17, 15) is 17.2 Å². The zero-order chi connectivity index (χ0) is 36.0. The van der Waals surface area contributed by atoms with Crippen molar-refractivity contribution in [1.82, 2.24) is 20.1 Å². The average molecular weight is 714 g/mol. The molecule has 3 N–H and O–H groups in total. The first kappa shape index (κ1) is 37.1. The van der Waals surface area contributed by atoms with E-state index in [-0.39, 0.29) is 22.8 Å². The number of anilines is 2. The molecule has 2 aliphatic heterocycles. The van der Waals surface area contributed by atoms with Gasteiger partial charge >= 0.3 is 6.01 Å². The van der Waals surface area contributed by atoms with Crippen LogP contribution in [0.3, 0.4) is 0 Å². The summed E-state index contributed by atoms with van der Waals surface area (Å²) in [6, 6.07) is 9.94. The molecule has 4 heterocycles. The minimum atomic E-state index is -4.02. The first-order valence-electron chi connectivity index (χ1n) is 16.8. The van der Waals surface area contributed by atoms with Crippen molar-refractivity contribution in [3.8, 4) is 5.75 Å². The second-order valence-electron chi connectivity index (χ2n) is 13.4. The van der Waals surface area contributed by atoms with Gasteiger partial charge < -0.3 is 24.8 Å². The van der Waals surface area contributed by atoms with Crippen LogP contribution in [0.4, 0.5) is 20.7 Å². The minimum absolute atomic E-state index is 0.0666. The van der Waals surface area contributed by atoms with Gasteiger partial charge in [0.1, 0.15) is 11.6 Å². The van der Waals surface area contributed by atoms with E-state index in [0.29, 0.717) is 54.8 Å². The van der Waals surface area contributed by atoms with Crippen LogP contribution in [0.25, 0.3) is 0 Å². The summed E-state index contributed by atoms with van der Waals surface area (Å²) in [5, 5.41) is 4.08. The van der Waals surface area contributed by atoms with Gasteiger partial charge in [0.2, 0.25) is 5.95 Å². The van der Waals surface area contributed by atoms with E-state index in [1.807, 2.05) is 11.8 Å². The van der Waals surface area contributed by atoms with Crippen molar-refractivity contribution in [2.24, 2.45) is 17.6 Å². The molecular formula is C35H45F2N7O5S. The van der Waals surface area contributed by atoms with Crippen LogP contribution in [0, 0.1) is 30.4 Å². The van der Waals surface area contributed by atoms with Gasteiger partial charge in [0.25, 0.3) is 10.1 Å². The number of ether oxygens (including phenoxy) is 1. The zero-order valence-electron chi connectivity index (χ0n) is 28.7. The number of hydrogen-bond acceptors (Lipinski definition) is 11. The molecule has 2 aromatic heterocycles. The SMILES string of the molecule is CC(C)c1noc(N2CCC([C@H](C)CCOc3cnc(N4C[C@@H](N)[C@H](c5ccc(F)cc5F)C4)nc3)CC2)n1.Cc1ccc(S(=O)(=O)O)cc1. The number of hydrogen-bond donors (Lipinski definition) is 2. The minimum Gasteiger partial charge on any atom is -0.490 e. The van der Waals surface area contributed by atoms with Crippen LogP contribution >= 0.6 is 0 Å². The van der Waals surface area contributed by atoms with E-state index in [1.54, 1.807) is 24.5 Å². The number of aromatic nitrogens is 4. The third kappa shape index (κ3) is 9.52. The third-order valence-corrected chi connectivity index (χ3v) is 10.2. The molecule has 270 valence electrons. The van der Waals surface area contributed by atoms with Crippen molar-refractivity contribution >= 4 is 22.1 Å². The first-order chi connectivity index (χ1) is 23.8. The molecule has 2 saturated heterocycles. The van der Waals surface area contributed by atoms with Crippen molar-refractivity contribution < 1.29 is 31.0 Å². The molecule has 0 amide bonds. The lowest BCUT2D eigenvalue weighted by Crippen LogP contribution is -2.36. The average Bonchev–Trinajstić information content (AvgIpc) is 3.73. The number of piperidine rings is 1. The summed E-state index contributed by atoms with van der Waals surface area (Å²) in [5.41, 5.74) is 7.66. The number of nitrogens with zero attached hydrogens (tertiary/aromatic N) is 6. The van der Waals surface area contributed by atoms with E-state index in [0.717, 1.165) is 49.8 Å². The topological polar surface area (TPSA) is 161 Å². The molecule has 6 rings (SSSR count). The summed E-state index contributed by atoms with van der Waals surface area (Å²) in [6.45, 7) is 11.6. The van der Waals surface area contributed by atoms with Crippen molar-refractivity contribution in [3.05, 3.63) is 83.4 Å². The molecule has 0 bridgehead atoms. The van der Waals surface area contributed by atoms with Gasteiger partial charge in [-0.25, -0.2) is 18.7 Å². The quantitative estimate of drug-likeness (QED) is 0.192. The first-order valence-corrected chi connectivity index (χ1v) is 18.3. The van der Waals surface area contributed by atoms with E-state index >= 15 is 0 Å². The summed E-state index contributed by atoms with van der Waals surface area (Å²) >= 11 is 0. The number of aryl methyl sites for hydroxylation is 1. The highest BCUT2D eigenvalue weighted by Gasteiger charge is 2.34. The zero-order valence-corrected chi connectivity index (χ0v) is 29.6. The predicted octanol–water partition coefficient (Wildman–Crippen LogP) is 5.76. The highest BCUT2D eigenvalue weighted by molar-refractivity contribution is 7.85. The maximum atomic E-state index is 14.3. The Balaban J connectivity index is 0.000000377. The van der Waals surface area contributed by atoms with Crippen molar-refractivity contribution in [1.29, 1.82) is 0 Å². The number of nitrogens with two attached hydrogens (primary N) is 1. The highest BCUT2D eigenvalue weighted by Crippen LogP contribution is 2.32. The fourth-order valence-corrected chi connectivity index (χ4v) is 6.71. The maximum absolute atomic E-state index is 14.3. The Labute approximate surface area is 291 Å². The second kappa shape index (κ2) is 16.2. The highest BCUT2D eigenvalue weighted by atomic mass is 32.2. The van der Waals surface area contributed by atoms with E-state index in [2.05, 4.69) is 45.8 Å². The van der Waals surface area contributed by atoms with Crippen molar-refractivity contribution in [2.75, 3.05) is 42.6 Å². The Morgan fingerprint density at radius 1 is 1.02 bits per heavy atom. The molecule has 3 atom stereocenters. The molecule has 2 aromatic carbocycles. The molecule has 12 nitrogen and oxygen atoms in total. The van der Waals surface area contributed by atoms with Crippen LogP contribution < -0.4 is 20.3 Å². The normalized spacial score (nSPS) is 19.0. The molecule has 0 unspecified atom stereocenters. The standard InChI is InChI=1S/C28H37F2N7O2.C7H8O3S/c1-17(2)26-34-28(39-35-26)36-9-6-19(7-10-36)18(3)8-11-38-21-13-32-27(33-14-21)37-15-23(25(31)16-37)22-5-4-20(29)12-24(22)30;1-6-2-4-7(5-3-6)11(8,9)10/h4-5,12-14,17-19,23,25H,6-11,15-16,31H2,1-3H3;2-5H,1H3,(H,8,9,10)/t18-,23+,25-;/m1./s1. The van der Waals surface area contributed by atoms with E-state index in [4.69, 9.17) is 19.5 Å². The molecule has 2 fully saturated rings. The third-order valence-electron chi connectivity index (χ3n) is 9.35. The Morgan fingerprint density at radius 2 is 1.70 bits per heavy atom. The summed E-state index contributed by atoms with van der Waals surface area (Å²) in [6.07, 6.45) is 6.44. The monoisotopic (exact) mass is 713 g/mol. The summed E-state index contributed by atoms with van der Waals surface area (Å²) < 4.78 is 68.5. The fraction of sp³-hybridized carbons (Fsp3) is 0.486. The smallest absolute Gasteiger partial charge is 0.324 e. The van der Waals surface area contributed by atoms with Crippen LogP contribution in [-0.4, -0.2) is 71.9 Å². The van der Waals surface area contributed by atoms with Crippen molar-refractivity contribution in [3.63, 3.8) is 0 Å². The van der Waals surface area contributed by atoms with Gasteiger partial charge in [-0.15, -0.1) is 0 Å². The molecule has 0 radical (unpaired) electrons. The second-order valence-corrected chi connectivity index (χ2v) is 14.8. The Hall–Kier alpha value is -4.21. The van der Waals surface area contributed by atoms with Gasteiger partial charge in [0.15, 0.2) is 11.6 Å². The maximum Gasteiger partial charge on any atom is 0.324 e.